The number of nitrogens with one attached hydrogen (secondary N) is 1. The van der Waals surface area contributed by atoms with Gasteiger partial charge in [-0.2, -0.15) is 0 Å². The number of ether oxygens (including phenoxy) is 4. The quantitative estimate of drug-likeness (QED) is 0.578. The minimum absolute atomic E-state index is 0.0606. The van der Waals surface area contributed by atoms with Crippen LogP contribution >= 0.6 is 0 Å². The van der Waals surface area contributed by atoms with Gasteiger partial charge in [0.1, 0.15) is 11.8 Å². The van der Waals surface area contributed by atoms with Crippen LogP contribution in [-0.2, 0) is 19.1 Å². The summed E-state index contributed by atoms with van der Waals surface area (Å²) in [5.74, 6) is 1.32. The molecule has 0 aliphatic carbocycles. The molecule has 1 N–H and O–H groups in total. The Morgan fingerprint density at radius 3 is 2.52 bits per heavy atom. The van der Waals surface area contributed by atoms with Crippen LogP contribution in [0.15, 0.2) is 42.5 Å². The van der Waals surface area contributed by atoms with E-state index >= 15 is 0 Å². The zero-order valence-corrected chi connectivity index (χ0v) is 18.2. The molecule has 0 saturated carbocycles. The molecule has 7 heteroatoms. The molecule has 2 aromatic carbocycles. The van der Waals surface area contributed by atoms with Crippen LogP contribution in [0, 0.1) is 0 Å². The standard InChI is InChI=1S/C24H29NO6/c1-4-29-22(26)14-13-19(24(27)30-5-2)25-15-18-16-9-6-7-11-20(16)31-23-17(18)10-8-12-21(23)28-3/h6-12,18-19,25H,4-5,13-15H2,1-3H3. The molecule has 0 aromatic heterocycles. The van der Waals surface area contributed by atoms with Gasteiger partial charge < -0.3 is 24.3 Å². The number of para-hydroxylation sites is 2. The van der Waals surface area contributed by atoms with Crippen LogP contribution in [0.25, 0.3) is 0 Å². The molecule has 7 nitrogen and oxygen atoms in total. The van der Waals surface area contributed by atoms with Crippen LogP contribution in [0.3, 0.4) is 0 Å². The Morgan fingerprint density at radius 1 is 1.03 bits per heavy atom. The minimum atomic E-state index is -0.617. The number of benzene rings is 2. The maximum Gasteiger partial charge on any atom is 0.323 e. The van der Waals surface area contributed by atoms with Crippen molar-refractivity contribution >= 4 is 11.9 Å². The molecule has 1 aliphatic heterocycles. The monoisotopic (exact) mass is 427 g/mol. The van der Waals surface area contributed by atoms with Gasteiger partial charge in [0, 0.05) is 30.0 Å². The highest BCUT2D eigenvalue weighted by atomic mass is 16.5. The van der Waals surface area contributed by atoms with Crippen molar-refractivity contribution in [2.45, 2.75) is 38.6 Å². The summed E-state index contributed by atoms with van der Waals surface area (Å²) in [6.07, 6.45) is 0.437. The van der Waals surface area contributed by atoms with Gasteiger partial charge in [-0.15, -0.1) is 0 Å². The molecule has 1 heterocycles. The number of carbonyl (C=O) groups is 2. The molecule has 166 valence electrons. The molecule has 2 aromatic rings. The topological polar surface area (TPSA) is 83.1 Å². The molecule has 2 atom stereocenters. The fourth-order valence-electron chi connectivity index (χ4n) is 3.74. The Bertz CT molecular complexity index is 913. The molecular formula is C24H29NO6. The van der Waals surface area contributed by atoms with E-state index in [9.17, 15) is 9.59 Å². The summed E-state index contributed by atoms with van der Waals surface area (Å²) in [5, 5.41) is 3.31. The number of hydrogen-bond acceptors (Lipinski definition) is 7. The zero-order chi connectivity index (χ0) is 22.2. The van der Waals surface area contributed by atoms with Crippen molar-refractivity contribution < 1.29 is 28.5 Å². The summed E-state index contributed by atoms with van der Waals surface area (Å²) in [6.45, 7) is 4.57. The number of rotatable bonds is 10. The average molecular weight is 427 g/mol. The highest BCUT2D eigenvalue weighted by Crippen LogP contribution is 2.47. The van der Waals surface area contributed by atoms with Gasteiger partial charge >= 0.3 is 11.9 Å². The van der Waals surface area contributed by atoms with E-state index in [1.807, 2.05) is 42.5 Å². The van der Waals surface area contributed by atoms with Crippen molar-refractivity contribution in [3.63, 3.8) is 0 Å². The summed E-state index contributed by atoms with van der Waals surface area (Å²) >= 11 is 0. The van der Waals surface area contributed by atoms with Gasteiger partial charge in [0.25, 0.3) is 0 Å². The molecule has 0 spiro atoms. The number of hydrogen-bond donors (Lipinski definition) is 1. The molecule has 3 rings (SSSR count). The van der Waals surface area contributed by atoms with Crippen LogP contribution in [0.1, 0.15) is 43.7 Å². The first kappa shape index (κ1) is 22.6. The summed E-state index contributed by atoms with van der Waals surface area (Å²) in [5.41, 5.74) is 1.99. The van der Waals surface area contributed by atoms with E-state index in [4.69, 9.17) is 18.9 Å². The Kier molecular flexibility index (Phi) is 7.89. The first-order chi connectivity index (χ1) is 15.1. The van der Waals surface area contributed by atoms with Gasteiger partial charge in [-0.05, 0) is 32.4 Å². The molecule has 0 amide bonds. The van der Waals surface area contributed by atoms with E-state index in [0.29, 0.717) is 31.1 Å². The third kappa shape index (κ3) is 5.35. The van der Waals surface area contributed by atoms with Gasteiger partial charge in [0.15, 0.2) is 11.5 Å². The Morgan fingerprint density at radius 2 is 1.77 bits per heavy atom. The Balaban J connectivity index is 1.82. The highest BCUT2D eigenvalue weighted by Gasteiger charge is 2.31. The lowest BCUT2D eigenvalue weighted by Gasteiger charge is -2.30. The number of esters is 2. The largest absolute Gasteiger partial charge is 0.493 e. The summed E-state index contributed by atoms with van der Waals surface area (Å²) in [4.78, 5) is 24.3. The Hall–Kier alpha value is -3.06. The SMILES string of the molecule is CCOC(=O)CCC(NCC1c2ccccc2Oc2c(OC)cccc21)C(=O)OCC. The van der Waals surface area contributed by atoms with E-state index in [1.54, 1.807) is 21.0 Å². The van der Waals surface area contributed by atoms with Gasteiger partial charge in [0.2, 0.25) is 0 Å². The molecule has 31 heavy (non-hydrogen) atoms. The lowest BCUT2D eigenvalue weighted by Crippen LogP contribution is -2.41. The van der Waals surface area contributed by atoms with Crippen LogP contribution in [0.2, 0.25) is 0 Å². The van der Waals surface area contributed by atoms with Crippen LogP contribution in [0.4, 0.5) is 0 Å². The van der Waals surface area contributed by atoms with Crippen LogP contribution < -0.4 is 14.8 Å². The third-order valence-corrected chi connectivity index (χ3v) is 5.19. The summed E-state index contributed by atoms with van der Waals surface area (Å²) in [7, 11) is 1.61. The second-order valence-corrected chi connectivity index (χ2v) is 7.13. The first-order valence-corrected chi connectivity index (χ1v) is 10.6. The second-order valence-electron chi connectivity index (χ2n) is 7.13. The summed E-state index contributed by atoms with van der Waals surface area (Å²) in [6, 6.07) is 13.0. The molecular weight excluding hydrogens is 398 g/mol. The smallest absolute Gasteiger partial charge is 0.323 e. The molecule has 1 aliphatic rings. The van der Waals surface area contributed by atoms with Crippen molar-refractivity contribution in [1.29, 1.82) is 0 Å². The first-order valence-electron chi connectivity index (χ1n) is 10.6. The lowest BCUT2D eigenvalue weighted by molar-refractivity contribution is -0.147. The molecule has 0 radical (unpaired) electrons. The highest BCUT2D eigenvalue weighted by molar-refractivity contribution is 5.77. The van der Waals surface area contributed by atoms with Crippen molar-refractivity contribution in [3.8, 4) is 17.2 Å². The van der Waals surface area contributed by atoms with Crippen molar-refractivity contribution in [1.82, 2.24) is 5.32 Å². The molecule has 0 bridgehead atoms. The van der Waals surface area contributed by atoms with E-state index in [1.165, 1.54) is 0 Å². The maximum absolute atomic E-state index is 12.5. The van der Waals surface area contributed by atoms with E-state index in [2.05, 4.69) is 5.32 Å². The predicted octanol–water partition coefficient (Wildman–Crippen LogP) is 3.80. The van der Waals surface area contributed by atoms with Gasteiger partial charge in [0.05, 0.1) is 20.3 Å². The van der Waals surface area contributed by atoms with E-state index in [0.717, 1.165) is 16.9 Å². The van der Waals surface area contributed by atoms with Crippen LogP contribution in [0.5, 0.6) is 17.2 Å². The normalized spacial score (nSPS) is 15.1. The number of fused-ring (bicyclic) bond motifs is 2. The fourth-order valence-corrected chi connectivity index (χ4v) is 3.74. The molecule has 2 unspecified atom stereocenters. The van der Waals surface area contributed by atoms with Gasteiger partial charge in [-0.25, -0.2) is 0 Å². The molecule has 0 saturated heterocycles. The van der Waals surface area contributed by atoms with Crippen molar-refractivity contribution in [3.05, 3.63) is 53.6 Å². The third-order valence-electron chi connectivity index (χ3n) is 5.19. The maximum atomic E-state index is 12.5. The fraction of sp³-hybridized carbons (Fsp3) is 0.417. The average Bonchev–Trinajstić information content (AvgIpc) is 2.78. The van der Waals surface area contributed by atoms with E-state index < -0.39 is 6.04 Å². The Labute approximate surface area is 182 Å². The van der Waals surface area contributed by atoms with E-state index in [-0.39, 0.29) is 30.9 Å². The van der Waals surface area contributed by atoms with Crippen LogP contribution in [-0.4, -0.2) is 44.8 Å². The molecule has 0 fully saturated rings. The number of methoxy groups -OCH3 is 1. The summed E-state index contributed by atoms with van der Waals surface area (Å²) < 4.78 is 21.8. The lowest BCUT2D eigenvalue weighted by atomic mass is 9.87. The van der Waals surface area contributed by atoms with Crippen molar-refractivity contribution in [2.75, 3.05) is 26.9 Å². The van der Waals surface area contributed by atoms with Gasteiger partial charge in [-0.3, -0.25) is 9.59 Å². The van der Waals surface area contributed by atoms with Gasteiger partial charge in [-0.1, -0.05) is 30.3 Å². The predicted molar refractivity (Wildman–Crippen MR) is 116 cm³/mol. The number of carbonyl (C=O) groups excluding carboxylic acids is 2. The minimum Gasteiger partial charge on any atom is -0.493 e. The van der Waals surface area contributed by atoms with Crippen molar-refractivity contribution in [2.24, 2.45) is 0 Å². The second kappa shape index (κ2) is 10.8. The zero-order valence-electron chi connectivity index (χ0n) is 18.2.